The first kappa shape index (κ1) is 22.5. The van der Waals surface area contributed by atoms with Crippen molar-refractivity contribution in [3.05, 3.63) is 82.9 Å². The lowest BCUT2D eigenvalue weighted by Crippen LogP contribution is -2.30. The monoisotopic (exact) mass is 473 g/mol. The molecule has 1 aliphatic heterocycles. The molecule has 1 unspecified atom stereocenters. The summed E-state index contributed by atoms with van der Waals surface area (Å²) in [5, 5.41) is 0.307. The highest BCUT2D eigenvalue weighted by atomic mass is 35.5. The molecule has 1 aliphatic rings. The van der Waals surface area contributed by atoms with E-state index in [1.807, 2.05) is 48.5 Å². The second kappa shape index (κ2) is 9.81. The molecule has 1 heterocycles. The Kier molecular flexibility index (Phi) is 6.89. The molecular formula is C24H24ClNO5S. The minimum absolute atomic E-state index is 0.0140. The van der Waals surface area contributed by atoms with Crippen molar-refractivity contribution in [2.75, 3.05) is 20.3 Å². The van der Waals surface area contributed by atoms with Crippen molar-refractivity contribution in [1.82, 2.24) is 4.72 Å². The number of fused-ring (bicyclic) bond motifs is 1. The second-order valence-corrected chi connectivity index (χ2v) is 9.53. The van der Waals surface area contributed by atoms with Gasteiger partial charge in [-0.05, 0) is 47.9 Å². The molecule has 8 heteroatoms. The summed E-state index contributed by atoms with van der Waals surface area (Å²) in [7, 11) is -2.53. The fourth-order valence-corrected chi connectivity index (χ4v) is 5.24. The van der Waals surface area contributed by atoms with Crippen LogP contribution in [0.4, 0.5) is 0 Å². The van der Waals surface area contributed by atoms with E-state index in [2.05, 4.69) is 4.72 Å². The van der Waals surface area contributed by atoms with Gasteiger partial charge in [0, 0.05) is 11.4 Å². The molecule has 3 aromatic rings. The Morgan fingerprint density at radius 1 is 1.00 bits per heavy atom. The van der Waals surface area contributed by atoms with Crippen LogP contribution in [0, 0.1) is 0 Å². The summed E-state index contributed by atoms with van der Waals surface area (Å²) in [6.45, 7) is 1.13. The van der Waals surface area contributed by atoms with E-state index in [0.717, 1.165) is 17.5 Å². The Morgan fingerprint density at radius 2 is 1.75 bits per heavy atom. The highest BCUT2D eigenvalue weighted by Crippen LogP contribution is 2.34. The molecule has 0 bridgehead atoms. The molecule has 0 spiro atoms. The molecule has 0 radical (unpaired) electrons. The summed E-state index contributed by atoms with van der Waals surface area (Å²) in [5.41, 5.74) is 1.76. The molecule has 0 saturated carbocycles. The zero-order chi connectivity index (χ0) is 22.6. The van der Waals surface area contributed by atoms with E-state index >= 15 is 0 Å². The van der Waals surface area contributed by atoms with Crippen molar-refractivity contribution in [1.29, 1.82) is 0 Å². The number of benzene rings is 3. The standard InChI is InChI=1S/C24H24ClNO5S/c1-29-22-11-9-19(25)16-24(22)32(27,28)26-20(14-17-6-3-2-4-7-17)18-8-10-21-23(15-18)31-13-5-12-30-21/h2-4,6-11,15-16,20,26H,5,12-14H2,1H3. The van der Waals surface area contributed by atoms with Gasteiger partial charge in [-0.3, -0.25) is 0 Å². The van der Waals surface area contributed by atoms with Gasteiger partial charge in [0.05, 0.1) is 26.4 Å². The Morgan fingerprint density at radius 3 is 2.50 bits per heavy atom. The minimum atomic E-state index is -3.95. The quantitative estimate of drug-likeness (QED) is 0.535. The third kappa shape index (κ3) is 5.18. The maximum absolute atomic E-state index is 13.4. The van der Waals surface area contributed by atoms with Crippen molar-refractivity contribution in [2.24, 2.45) is 0 Å². The Bertz CT molecular complexity index is 1180. The largest absolute Gasteiger partial charge is 0.495 e. The van der Waals surface area contributed by atoms with Gasteiger partial charge in [0.1, 0.15) is 10.6 Å². The number of hydrogen-bond donors (Lipinski definition) is 1. The lowest BCUT2D eigenvalue weighted by molar-refractivity contribution is 0.297. The molecule has 0 saturated heterocycles. The fourth-order valence-electron chi connectivity index (χ4n) is 3.59. The minimum Gasteiger partial charge on any atom is -0.495 e. The Hall–Kier alpha value is -2.74. The van der Waals surface area contributed by atoms with Gasteiger partial charge in [0.25, 0.3) is 0 Å². The molecule has 0 amide bonds. The van der Waals surface area contributed by atoms with Crippen LogP contribution in [0.15, 0.2) is 71.6 Å². The van der Waals surface area contributed by atoms with E-state index in [9.17, 15) is 8.42 Å². The molecule has 6 nitrogen and oxygen atoms in total. The molecule has 168 valence electrons. The van der Waals surface area contributed by atoms with E-state index in [4.69, 9.17) is 25.8 Å². The van der Waals surface area contributed by atoms with Crippen molar-refractivity contribution >= 4 is 21.6 Å². The van der Waals surface area contributed by atoms with Crippen molar-refractivity contribution in [3.63, 3.8) is 0 Å². The van der Waals surface area contributed by atoms with E-state index in [-0.39, 0.29) is 10.6 Å². The molecule has 3 aromatic carbocycles. The first-order chi connectivity index (χ1) is 15.5. The third-order valence-electron chi connectivity index (χ3n) is 5.17. The summed E-state index contributed by atoms with van der Waals surface area (Å²) >= 11 is 6.08. The number of methoxy groups -OCH3 is 1. The number of ether oxygens (including phenoxy) is 3. The molecule has 32 heavy (non-hydrogen) atoms. The highest BCUT2D eigenvalue weighted by molar-refractivity contribution is 7.89. The summed E-state index contributed by atoms with van der Waals surface area (Å²) in [6.07, 6.45) is 1.24. The normalized spacial score (nSPS) is 14.4. The summed E-state index contributed by atoms with van der Waals surface area (Å²) < 4.78 is 46.4. The highest BCUT2D eigenvalue weighted by Gasteiger charge is 2.26. The predicted molar refractivity (Wildman–Crippen MR) is 123 cm³/mol. The van der Waals surface area contributed by atoms with Crippen LogP contribution in [0.3, 0.4) is 0 Å². The molecule has 0 aliphatic carbocycles. The average Bonchev–Trinajstić information content (AvgIpc) is 3.04. The maximum atomic E-state index is 13.4. The van der Waals surface area contributed by atoms with Gasteiger partial charge < -0.3 is 14.2 Å². The summed E-state index contributed by atoms with van der Waals surface area (Å²) in [5.74, 6) is 1.49. The first-order valence-electron chi connectivity index (χ1n) is 10.3. The van der Waals surface area contributed by atoms with Crippen LogP contribution in [0.2, 0.25) is 5.02 Å². The van der Waals surface area contributed by atoms with Crippen LogP contribution in [0.25, 0.3) is 0 Å². The van der Waals surface area contributed by atoms with Gasteiger partial charge in [-0.25, -0.2) is 13.1 Å². The van der Waals surface area contributed by atoms with Crippen molar-refractivity contribution in [2.45, 2.75) is 23.8 Å². The molecule has 0 aromatic heterocycles. The van der Waals surface area contributed by atoms with Gasteiger partial charge in [-0.2, -0.15) is 0 Å². The number of nitrogens with one attached hydrogen (secondary N) is 1. The van der Waals surface area contributed by atoms with Gasteiger partial charge >= 0.3 is 0 Å². The van der Waals surface area contributed by atoms with E-state index in [1.54, 1.807) is 6.07 Å². The average molecular weight is 474 g/mol. The third-order valence-corrected chi connectivity index (χ3v) is 6.90. The second-order valence-electron chi connectivity index (χ2n) is 7.42. The maximum Gasteiger partial charge on any atom is 0.244 e. The number of sulfonamides is 1. The van der Waals surface area contributed by atoms with E-state index < -0.39 is 16.1 Å². The Labute approximate surface area is 193 Å². The van der Waals surface area contributed by atoms with Crippen LogP contribution in [0.5, 0.6) is 17.2 Å². The number of rotatable bonds is 7. The molecule has 4 rings (SSSR count). The molecule has 1 N–H and O–H groups in total. The zero-order valence-corrected chi connectivity index (χ0v) is 19.2. The van der Waals surface area contributed by atoms with Crippen LogP contribution in [0.1, 0.15) is 23.6 Å². The van der Waals surface area contributed by atoms with E-state index in [0.29, 0.717) is 36.2 Å². The molecule has 1 atom stereocenters. The number of halogens is 1. The molecular weight excluding hydrogens is 450 g/mol. The first-order valence-corrected chi connectivity index (χ1v) is 12.1. The van der Waals surface area contributed by atoms with Crippen LogP contribution in [-0.4, -0.2) is 28.7 Å². The van der Waals surface area contributed by atoms with Gasteiger partial charge in [-0.15, -0.1) is 0 Å². The van der Waals surface area contributed by atoms with Crippen LogP contribution >= 0.6 is 11.6 Å². The lowest BCUT2D eigenvalue weighted by Gasteiger charge is -2.21. The molecule has 0 fully saturated rings. The van der Waals surface area contributed by atoms with Gasteiger partial charge in [0.15, 0.2) is 11.5 Å². The Balaban J connectivity index is 1.72. The van der Waals surface area contributed by atoms with Gasteiger partial charge in [0.2, 0.25) is 10.0 Å². The SMILES string of the molecule is COc1ccc(Cl)cc1S(=O)(=O)NC(Cc1ccccc1)c1ccc2c(c1)OCCCO2. The lowest BCUT2D eigenvalue weighted by atomic mass is 9.99. The van der Waals surface area contributed by atoms with Crippen molar-refractivity contribution in [3.8, 4) is 17.2 Å². The summed E-state index contributed by atoms with van der Waals surface area (Å²) in [4.78, 5) is -0.0140. The summed E-state index contributed by atoms with van der Waals surface area (Å²) in [6, 6.07) is 19.2. The zero-order valence-electron chi connectivity index (χ0n) is 17.6. The smallest absolute Gasteiger partial charge is 0.244 e. The topological polar surface area (TPSA) is 73.9 Å². The van der Waals surface area contributed by atoms with Crippen LogP contribution in [-0.2, 0) is 16.4 Å². The van der Waals surface area contributed by atoms with Gasteiger partial charge in [-0.1, -0.05) is 48.0 Å². The fraction of sp³-hybridized carbons (Fsp3) is 0.250. The number of hydrogen-bond acceptors (Lipinski definition) is 5. The predicted octanol–water partition coefficient (Wildman–Crippen LogP) is 4.77. The van der Waals surface area contributed by atoms with Crippen LogP contribution < -0.4 is 18.9 Å². The van der Waals surface area contributed by atoms with Crippen molar-refractivity contribution < 1.29 is 22.6 Å². The van der Waals surface area contributed by atoms with E-state index in [1.165, 1.54) is 19.2 Å².